The molecule has 3 aromatic heterocycles. The minimum Gasteiger partial charge on any atom is -0.493 e. The monoisotopic (exact) mass is 388 g/mol. The third-order valence-electron chi connectivity index (χ3n) is 4.11. The number of anilines is 3. The number of hydrogen-bond donors (Lipinski definition) is 3. The Morgan fingerprint density at radius 3 is 2.38 bits per heavy atom. The summed E-state index contributed by atoms with van der Waals surface area (Å²) in [6.45, 7) is 0.481. The summed E-state index contributed by atoms with van der Waals surface area (Å²) < 4.78 is 13.1. The third-order valence-corrected chi connectivity index (χ3v) is 4.11. The van der Waals surface area contributed by atoms with Crippen molar-refractivity contribution in [2.45, 2.75) is 6.54 Å². The van der Waals surface area contributed by atoms with Crippen molar-refractivity contribution in [3.63, 3.8) is 0 Å². The molecule has 7 nitrogen and oxygen atoms in total. The topological polar surface area (TPSA) is 95.8 Å². The van der Waals surface area contributed by atoms with Gasteiger partial charge in [-0.05, 0) is 41.5 Å². The Kier molecular flexibility index (Phi) is 5.24. The lowest BCUT2D eigenvalue weighted by atomic mass is 10.1. The molecule has 8 heteroatoms. The third kappa shape index (κ3) is 4.81. The van der Waals surface area contributed by atoms with Gasteiger partial charge >= 0.3 is 0 Å². The summed E-state index contributed by atoms with van der Waals surface area (Å²) in [6, 6.07) is 13.3. The number of pyridine rings is 2. The van der Waals surface area contributed by atoms with Crippen LogP contribution < -0.4 is 10.6 Å². The van der Waals surface area contributed by atoms with Crippen LogP contribution in [0.1, 0.15) is 5.56 Å². The number of hydrogen-bond acceptors (Lipinski definition) is 7. The van der Waals surface area contributed by atoms with Crippen molar-refractivity contribution < 1.29 is 9.50 Å². The molecule has 4 rings (SSSR count). The summed E-state index contributed by atoms with van der Waals surface area (Å²) in [7, 11) is 0. The Morgan fingerprint density at radius 2 is 1.66 bits per heavy atom. The number of nitrogens with one attached hydrogen (secondary N) is 2. The molecule has 0 bridgehead atoms. The van der Waals surface area contributed by atoms with Gasteiger partial charge in [0.15, 0.2) is 0 Å². The van der Waals surface area contributed by atoms with Gasteiger partial charge in [-0.2, -0.15) is 0 Å². The normalized spacial score (nSPS) is 10.5. The van der Waals surface area contributed by atoms with Crippen LogP contribution in [0.3, 0.4) is 0 Å². The van der Waals surface area contributed by atoms with E-state index in [-0.39, 0.29) is 11.7 Å². The molecule has 0 unspecified atom stereocenters. The maximum atomic E-state index is 13.1. The molecule has 0 aliphatic heterocycles. The fourth-order valence-electron chi connectivity index (χ4n) is 2.70. The fraction of sp³-hybridized carbons (Fsp3) is 0.0476. The van der Waals surface area contributed by atoms with E-state index in [9.17, 15) is 9.50 Å². The Morgan fingerprint density at radius 1 is 0.828 bits per heavy atom. The molecule has 0 radical (unpaired) electrons. The van der Waals surface area contributed by atoms with Crippen molar-refractivity contribution in [2.24, 2.45) is 0 Å². The number of halogens is 1. The molecule has 3 heterocycles. The second-order valence-electron chi connectivity index (χ2n) is 6.23. The van der Waals surface area contributed by atoms with Gasteiger partial charge in [-0.25, -0.2) is 19.3 Å². The summed E-state index contributed by atoms with van der Waals surface area (Å²) in [5.41, 5.74) is 2.59. The predicted molar refractivity (Wildman–Crippen MR) is 108 cm³/mol. The van der Waals surface area contributed by atoms with Gasteiger partial charge in [0.05, 0.1) is 6.20 Å². The smallest absolute Gasteiger partial charge is 0.210 e. The Balaban J connectivity index is 1.63. The highest BCUT2D eigenvalue weighted by molar-refractivity contribution is 5.71. The predicted octanol–water partition coefficient (Wildman–Crippen LogP) is 4.13. The maximum Gasteiger partial charge on any atom is 0.210 e. The van der Waals surface area contributed by atoms with Crippen molar-refractivity contribution in [3.8, 4) is 17.0 Å². The van der Waals surface area contributed by atoms with Gasteiger partial charge < -0.3 is 15.7 Å². The van der Waals surface area contributed by atoms with Gasteiger partial charge in [0.25, 0.3) is 0 Å². The molecule has 144 valence electrons. The van der Waals surface area contributed by atoms with Gasteiger partial charge in [0.1, 0.15) is 23.3 Å². The Hall–Kier alpha value is -4.07. The van der Waals surface area contributed by atoms with E-state index in [1.54, 1.807) is 43.0 Å². The van der Waals surface area contributed by atoms with E-state index in [0.29, 0.717) is 24.0 Å². The van der Waals surface area contributed by atoms with E-state index in [1.807, 2.05) is 12.1 Å². The van der Waals surface area contributed by atoms with Crippen LogP contribution in [-0.4, -0.2) is 25.0 Å². The van der Waals surface area contributed by atoms with Crippen molar-refractivity contribution in [1.29, 1.82) is 0 Å². The van der Waals surface area contributed by atoms with Crippen LogP contribution in [0.15, 0.2) is 73.3 Å². The number of benzene rings is 1. The average Bonchev–Trinajstić information content (AvgIpc) is 2.74. The van der Waals surface area contributed by atoms with E-state index in [2.05, 4.69) is 30.6 Å². The first-order valence-electron chi connectivity index (χ1n) is 8.84. The molecule has 0 aliphatic carbocycles. The van der Waals surface area contributed by atoms with E-state index in [1.165, 1.54) is 18.2 Å². The molecule has 0 spiro atoms. The van der Waals surface area contributed by atoms with Crippen LogP contribution in [0, 0.1) is 5.82 Å². The fourth-order valence-corrected chi connectivity index (χ4v) is 2.70. The van der Waals surface area contributed by atoms with E-state index in [4.69, 9.17) is 0 Å². The van der Waals surface area contributed by atoms with E-state index < -0.39 is 0 Å². The SMILES string of the molecule is Oc1ccc(-c2cc(NCc3ccc(F)cc3)nc(Nc3cnccn3)c2)cn1. The number of nitrogens with zero attached hydrogens (tertiary/aromatic N) is 4. The van der Waals surface area contributed by atoms with E-state index >= 15 is 0 Å². The van der Waals surface area contributed by atoms with Gasteiger partial charge in [-0.1, -0.05) is 12.1 Å². The number of aromatic nitrogens is 4. The zero-order valence-corrected chi connectivity index (χ0v) is 15.2. The van der Waals surface area contributed by atoms with Crippen molar-refractivity contribution in [3.05, 3.63) is 84.7 Å². The average molecular weight is 388 g/mol. The molecule has 3 N–H and O–H groups in total. The van der Waals surface area contributed by atoms with Crippen molar-refractivity contribution in [1.82, 2.24) is 19.9 Å². The van der Waals surface area contributed by atoms with Crippen LogP contribution in [0.2, 0.25) is 0 Å². The summed E-state index contributed by atoms with van der Waals surface area (Å²) >= 11 is 0. The lowest BCUT2D eigenvalue weighted by molar-refractivity contribution is 0.453. The lowest BCUT2D eigenvalue weighted by Crippen LogP contribution is -2.04. The first-order valence-corrected chi connectivity index (χ1v) is 8.84. The molecule has 0 fully saturated rings. The first kappa shape index (κ1) is 18.3. The molecule has 0 saturated carbocycles. The van der Waals surface area contributed by atoms with Crippen molar-refractivity contribution in [2.75, 3.05) is 10.6 Å². The Bertz CT molecular complexity index is 1090. The van der Waals surface area contributed by atoms with Gasteiger partial charge in [-0.15, -0.1) is 0 Å². The minimum atomic E-state index is -0.274. The molecule has 0 saturated heterocycles. The number of aromatic hydroxyl groups is 1. The highest BCUT2D eigenvalue weighted by Crippen LogP contribution is 2.26. The molecule has 29 heavy (non-hydrogen) atoms. The summed E-state index contributed by atoms with van der Waals surface area (Å²) in [5, 5.41) is 15.8. The largest absolute Gasteiger partial charge is 0.493 e. The molecule has 0 atom stereocenters. The van der Waals surface area contributed by atoms with Gasteiger partial charge in [0, 0.05) is 36.8 Å². The first-order chi connectivity index (χ1) is 14.2. The Labute approximate surface area is 166 Å². The van der Waals surface area contributed by atoms with Gasteiger partial charge in [-0.3, -0.25) is 4.98 Å². The standard InChI is InChI=1S/C21H17FN6O/c22-17-4-1-14(2-5-17)11-25-18-9-16(15-3-6-21(29)26-12-15)10-19(27-18)28-20-13-23-7-8-24-20/h1-10,12-13H,11H2,(H,26,29)(H2,24,25,27,28). The maximum absolute atomic E-state index is 13.1. The molecule has 0 amide bonds. The van der Waals surface area contributed by atoms with Crippen LogP contribution in [0.5, 0.6) is 5.88 Å². The molecule has 0 aliphatic rings. The van der Waals surface area contributed by atoms with Crippen LogP contribution >= 0.6 is 0 Å². The molecular weight excluding hydrogens is 371 g/mol. The zero-order chi connectivity index (χ0) is 20.1. The zero-order valence-electron chi connectivity index (χ0n) is 15.2. The highest BCUT2D eigenvalue weighted by Gasteiger charge is 2.07. The van der Waals surface area contributed by atoms with Crippen molar-refractivity contribution >= 4 is 17.5 Å². The molecule has 4 aromatic rings. The second-order valence-corrected chi connectivity index (χ2v) is 6.23. The quantitative estimate of drug-likeness (QED) is 0.457. The summed E-state index contributed by atoms with van der Waals surface area (Å²) in [5.74, 6) is 1.42. The molecular formula is C21H17FN6O. The van der Waals surface area contributed by atoms with Crippen LogP contribution in [0.25, 0.3) is 11.1 Å². The second kappa shape index (κ2) is 8.30. The van der Waals surface area contributed by atoms with Gasteiger partial charge in [0.2, 0.25) is 5.88 Å². The highest BCUT2D eigenvalue weighted by atomic mass is 19.1. The lowest BCUT2D eigenvalue weighted by Gasteiger charge is -2.12. The number of rotatable bonds is 6. The summed E-state index contributed by atoms with van der Waals surface area (Å²) in [4.78, 5) is 16.8. The minimum absolute atomic E-state index is 0.0460. The van der Waals surface area contributed by atoms with E-state index in [0.717, 1.165) is 16.7 Å². The molecule has 1 aromatic carbocycles. The van der Waals surface area contributed by atoms with Crippen LogP contribution in [-0.2, 0) is 6.54 Å². The van der Waals surface area contributed by atoms with Crippen LogP contribution in [0.4, 0.5) is 21.8 Å². The summed E-state index contributed by atoms with van der Waals surface area (Å²) in [6.07, 6.45) is 6.36.